The van der Waals surface area contributed by atoms with Gasteiger partial charge in [0.25, 0.3) is 0 Å². The van der Waals surface area contributed by atoms with Gasteiger partial charge >= 0.3 is 0 Å². The molecule has 1 aromatic carbocycles. The Balaban J connectivity index is 2.51. The zero-order chi connectivity index (χ0) is 14.0. The number of thioether (sulfide) groups is 1. The summed E-state index contributed by atoms with van der Waals surface area (Å²) in [6, 6.07) is 6.85. The molecule has 0 aliphatic rings. The number of nitrogens with zero attached hydrogens (tertiary/aromatic N) is 2. The van der Waals surface area contributed by atoms with E-state index in [0.29, 0.717) is 6.04 Å². The Morgan fingerprint density at radius 1 is 1.37 bits per heavy atom. The molecule has 2 unspecified atom stereocenters. The zero-order valence-corrected chi connectivity index (χ0v) is 13.6. The molecule has 1 aromatic heterocycles. The third-order valence-corrected chi connectivity index (χ3v) is 4.55. The van der Waals surface area contributed by atoms with Gasteiger partial charge in [-0.2, -0.15) is 11.8 Å². The van der Waals surface area contributed by atoms with Crippen LogP contribution in [0.2, 0.25) is 0 Å². The van der Waals surface area contributed by atoms with Crippen molar-refractivity contribution >= 4 is 34.4 Å². The number of alkyl halides is 1. The highest BCUT2D eigenvalue weighted by molar-refractivity contribution is 7.99. The Kier molecular flexibility index (Phi) is 4.80. The molecule has 0 spiro atoms. The topological polar surface area (TPSA) is 17.8 Å². The summed E-state index contributed by atoms with van der Waals surface area (Å²) >= 11 is 8.26. The molecule has 2 atom stereocenters. The molecule has 19 heavy (non-hydrogen) atoms. The predicted molar refractivity (Wildman–Crippen MR) is 86.4 cm³/mol. The van der Waals surface area contributed by atoms with Crippen LogP contribution in [0, 0.1) is 6.92 Å². The molecule has 0 saturated carbocycles. The Morgan fingerprint density at radius 2 is 2.11 bits per heavy atom. The molecule has 0 N–H and O–H groups in total. The average molecular weight is 297 g/mol. The number of aryl methyl sites for hydroxylation is 1. The first-order valence-electron chi connectivity index (χ1n) is 6.74. The van der Waals surface area contributed by atoms with Crippen LogP contribution >= 0.6 is 23.4 Å². The number of halogens is 1. The number of rotatable bonds is 5. The smallest absolute Gasteiger partial charge is 0.127 e. The van der Waals surface area contributed by atoms with E-state index < -0.39 is 0 Å². The van der Waals surface area contributed by atoms with Gasteiger partial charge in [0.2, 0.25) is 0 Å². The van der Waals surface area contributed by atoms with Gasteiger partial charge < -0.3 is 4.57 Å². The number of benzene rings is 1. The quantitative estimate of drug-likeness (QED) is 0.726. The van der Waals surface area contributed by atoms with Crippen LogP contribution in [-0.4, -0.2) is 21.1 Å². The number of imidazole rings is 1. The molecule has 1 heterocycles. The number of hydrogen-bond acceptors (Lipinski definition) is 2. The summed E-state index contributed by atoms with van der Waals surface area (Å²) in [6.45, 7) is 8.52. The lowest BCUT2D eigenvalue weighted by atomic mass is 10.2. The second-order valence-corrected chi connectivity index (χ2v) is 6.93. The van der Waals surface area contributed by atoms with Gasteiger partial charge in [0, 0.05) is 11.8 Å². The van der Waals surface area contributed by atoms with Crippen LogP contribution in [0.1, 0.15) is 43.6 Å². The van der Waals surface area contributed by atoms with E-state index in [9.17, 15) is 0 Å². The van der Waals surface area contributed by atoms with Crippen molar-refractivity contribution < 1.29 is 0 Å². The number of fused-ring (bicyclic) bond motifs is 1. The van der Waals surface area contributed by atoms with Crippen LogP contribution in [0.25, 0.3) is 11.0 Å². The second-order valence-electron chi connectivity index (χ2n) is 4.96. The number of aromatic nitrogens is 2. The normalized spacial score (nSPS) is 14.8. The maximum absolute atomic E-state index is 6.31. The van der Waals surface area contributed by atoms with E-state index in [1.807, 2.05) is 18.7 Å². The van der Waals surface area contributed by atoms with Gasteiger partial charge in [-0.25, -0.2) is 4.98 Å². The van der Waals surface area contributed by atoms with E-state index in [-0.39, 0.29) is 5.38 Å². The third-order valence-electron chi connectivity index (χ3n) is 3.23. The first kappa shape index (κ1) is 14.7. The molecule has 2 nitrogen and oxygen atoms in total. The van der Waals surface area contributed by atoms with Gasteiger partial charge in [0.15, 0.2) is 0 Å². The van der Waals surface area contributed by atoms with Gasteiger partial charge in [-0.3, -0.25) is 0 Å². The van der Waals surface area contributed by atoms with E-state index in [2.05, 4.69) is 43.5 Å². The molecule has 0 radical (unpaired) electrons. The minimum absolute atomic E-state index is 0.0678. The molecule has 0 aliphatic carbocycles. The van der Waals surface area contributed by atoms with Crippen molar-refractivity contribution in [2.75, 3.05) is 11.5 Å². The fraction of sp³-hybridized carbons (Fsp3) is 0.533. The Hall–Kier alpha value is -0.670. The monoisotopic (exact) mass is 296 g/mol. The predicted octanol–water partition coefficient (Wildman–Crippen LogP) is 4.96. The summed E-state index contributed by atoms with van der Waals surface area (Å²) in [5.41, 5.74) is 3.48. The van der Waals surface area contributed by atoms with Crippen LogP contribution in [0.3, 0.4) is 0 Å². The van der Waals surface area contributed by atoms with Gasteiger partial charge in [0.05, 0.1) is 16.4 Å². The molecule has 0 amide bonds. The highest BCUT2D eigenvalue weighted by atomic mass is 35.5. The summed E-state index contributed by atoms with van der Waals surface area (Å²) in [5, 5.41) is -0.0678. The van der Waals surface area contributed by atoms with Crippen molar-refractivity contribution in [1.29, 1.82) is 0 Å². The molecule has 4 heteroatoms. The number of hydrogen-bond donors (Lipinski definition) is 0. The SMILES string of the molecule is CCSCC(C)n1c(C(C)Cl)nc2cc(C)ccc21. The second kappa shape index (κ2) is 6.19. The minimum atomic E-state index is -0.0678. The molecule has 0 saturated heterocycles. The highest BCUT2D eigenvalue weighted by Gasteiger charge is 2.18. The molecule has 2 aromatic rings. The molecular weight excluding hydrogens is 276 g/mol. The van der Waals surface area contributed by atoms with Crippen molar-refractivity contribution in [2.24, 2.45) is 0 Å². The van der Waals surface area contributed by atoms with E-state index in [4.69, 9.17) is 16.6 Å². The third kappa shape index (κ3) is 3.09. The molecular formula is C15H21ClN2S. The lowest BCUT2D eigenvalue weighted by Gasteiger charge is -2.18. The fourth-order valence-corrected chi connectivity index (χ4v) is 3.21. The van der Waals surface area contributed by atoms with E-state index >= 15 is 0 Å². The first-order chi connectivity index (χ1) is 9.04. The van der Waals surface area contributed by atoms with Crippen LogP contribution < -0.4 is 0 Å². The summed E-state index contributed by atoms with van der Waals surface area (Å²) < 4.78 is 2.30. The lowest BCUT2D eigenvalue weighted by molar-refractivity contribution is 0.593. The summed E-state index contributed by atoms with van der Waals surface area (Å²) in [6.07, 6.45) is 0. The van der Waals surface area contributed by atoms with Crippen LogP contribution in [0.15, 0.2) is 18.2 Å². The molecule has 104 valence electrons. The first-order valence-corrected chi connectivity index (χ1v) is 8.34. The molecule has 0 aliphatic heterocycles. The Bertz CT molecular complexity index is 563. The molecule has 0 bridgehead atoms. The van der Waals surface area contributed by atoms with Crippen LogP contribution in [-0.2, 0) is 0 Å². The van der Waals surface area contributed by atoms with Crippen molar-refractivity contribution in [3.05, 3.63) is 29.6 Å². The Morgan fingerprint density at radius 3 is 2.74 bits per heavy atom. The fourth-order valence-electron chi connectivity index (χ4n) is 2.33. The average Bonchev–Trinajstić information content (AvgIpc) is 2.74. The summed E-state index contributed by atoms with van der Waals surface area (Å²) in [7, 11) is 0. The van der Waals surface area contributed by atoms with Gasteiger partial charge in [-0.05, 0) is 44.2 Å². The largest absolute Gasteiger partial charge is 0.323 e. The van der Waals surface area contributed by atoms with Crippen molar-refractivity contribution in [3.8, 4) is 0 Å². The van der Waals surface area contributed by atoms with Gasteiger partial charge in [-0.15, -0.1) is 11.6 Å². The van der Waals surface area contributed by atoms with Crippen molar-refractivity contribution in [2.45, 2.75) is 39.1 Å². The van der Waals surface area contributed by atoms with Crippen LogP contribution in [0.5, 0.6) is 0 Å². The minimum Gasteiger partial charge on any atom is -0.323 e. The lowest BCUT2D eigenvalue weighted by Crippen LogP contribution is -2.12. The maximum atomic E-state index is 6.31. The van der Waals surface area contributed by atoms with E-state index in [1.54, 1.807) is 0 Å². The zero-order valence-electron chi connectivity index (χ0n) is 12.0. The maximum Gasteiger partial charge on any atom is 0.127 e. The Labute approximate surface area is 124 Å². The molecule has 0 fully saturated rings. The van der Waals surface area contributed by atoms with Crippen molar-refractivity contribution in [1.82, 2.24) is 9.55 Å². The highest BCUT2D eigenvalue weighted by Crippen LogP contribution is 2.29. The van der Waals surface area contributed by atoms with Gasteiger partial charge in [-0.1, -0.05) is 13.0 Å². The summed E-state index contributed by atoms with van der Waals surface area (Å²) in [4.78, 5) is 4.72. The molecule has 2 rings (SSSR count). The van der Waals surface area contributed by atoms with Crippen molar-refractivity contribution in [3.63, 3.8) is 0 Å². The van der Waals surface area contributed by atoms with Gasteiger partial charge in [0.1, 0.15) is 5.82 Å². The van der Waals surface area contributed by atoms with E-state index in [1.165, 1.54) is 11.1 Å². The standard InChI is InChI=1S/C15H21ClN2S/c1-5-19-9-11(3)18-14-7-6-10(2)8-13(14)17-15(18)12(4)16/h6-8,11-12H,5,9H2,1-4H3. The summed E-state index contributed by atoms with van der Waals surface area (Å²) in [5.74, 6) is 3.21. The van der Waals surface area contributed by atoms with Crippen LogP contribution in [0.4, 0.5) is 0 Å². The van der Waals surface area contributed by atoms with E-state index in [0.717, 1.165) is 22.8 Å².